The van der Waals surface area contributed by atoms with E-state index < -0.39 is 12.0 Å². The summed E-state index contributed by atoms with van der Waals surface area (Å²) in [6, 6.07) is 5.12. The maximum Gasteiger partial charge on any atom is 0.328 e. The van der Waals surface area contributed by atoms with E-state index in [1.165, 1.54) is 41.5 Å². The first-order valence-corrected chi connectivity index (χ1v) is 7.73. The molecule has 0 aliphatic rings. The third-order valence-electron chi connectivity index (χ3n) is 3.63. The maximum absolute atomic E-state index is 13.1. The van der Waals surface area contributed by atoms with Crippen molar-refractivity contribution >= 4 is 27.5 Å². The van der Waals surface area contributed by atoms with E-state index in [0.29, 0.717) is 15.8 Å². The molecule has 1 aromatic carbocycles. The van der Waals surface area contributed by atoms with E-state index >= 15 is 0 Å². The van der Waals surface area contributed by atoms with Gasteiger partial charge in [-0.25, -0.2) is 14.2 Å². The van der Waals surface area contributed by atoms with E-state index in [0.717, 1.165) is 5.56 Å². The molecule has 3 rings (SSSR count). The minimum Gasteiger partial charge on any atom is -0.467 e. The predicted octanol–water partition coefficient (Wildman–Crippen LogP) is 3.00. The van der Waals surface area contributed by atoms with Gasteiger partial charge in [0.2, 0.25) is 0 Å². The number of methoxy groups -OCH3 is 1. The summed E-state index contributed by atoms with van der Waals surface area (Å²) in [5.74, 6) is -0.866. The Morgan fingerprint density at radius 2 is 2.04 bits per heavy atom. The number of thiophene rings is 1. The molecule has 2 aromatic heterocycles. The summed E-state index contributed by atoms with van der Waals surface area (Å²) in [5, 5.41) is 2.22. The van der Waals surface area contributed by atoms with E-state index in [1.54, 1.807) is 24.4 Å². The van der Waals surface area contributed by atoms with Crippen LogP contribution in [0.1, 0.15) is 13.0 Å². The van der Waals surface area contributed by atoms with Gasteiger partial charge in [-0.05, 0) is 24.6 Å². The van der Waals surface area contributed by atoms with Crippen LogP contribution in [0.25, 0.3) is 21.3 Å². The number of benzene rings is 1. The molecule has 2 heterocycles. The second-order valence-corrected chi connectivity index (χ2v) is 5.85. The molecule has 23 heavy (non-hydrogen) atoms. The van der Waals surface area contributed by atoms with E-state index in [2.05, 4.69) is 9.72 Å². The zero-order chi connectivity index (χ0) is 16.6. The molecule has 0 fully saturated rings. The first-order chi connectivity index (χ1) is 11.0. The normalized spacial score (nSPS) is 12.3. The molecule has 0 N–H and O–H groups in total. The maximum atomic E-state index is 13.1. The molecule has 1 unspecified atom stereocenters. The van der Waals surface area contributed by atoms with Crippen molar-refractivity contribution < 1.29 is 13.9 Å². The van der Waals surface area contributed by atoms with E-state index in [4.69, 9.17) is 0 Å². The number of halogens is 1. The SMILES string of the molecule is COC(=O)C(C)n1cnc2scc(-c3ccc(F)cc3)c2c1=O. The van der Waals surface area contributed by atoms with Crippen LogP contribution in [0.2, 0.25) is 0 Å². The third kappa shape index (κ3) is 2.63. The van der Waals surface area contributed by atoms with E-state index in [1.807, 2.05) is 0 Å². The number of hydrogen-bond donors (Lipinski definition) is 0. The van der Waals surface area contributed by atoms with Gasteiger partial charge in [-0.3, -0.25) is 9.36 Å². The van der Waals surface area contributed by atoms with Crippen molar-refractivity contribution in [1.29, 1.82) is 0 Å². The topological polar surface area (TPSA) is 61.2 Å². The predicted molar refractivity (Wildman–Crippen MR) is 86.0 cm³/mol. The van der Waals surface area contributed by atoms with Crippen molar-refractivity contribution in [1.82, 2.24) is 9.55 Å². The van der Waals surface area contributed by atoms with Crippen LogP contribution < -0.4 is 5.56 Å². The molecule has 0 saturated carbocycles. The van der Waals surface area contributed by atoms with Crippen LogP contribution in [-0.4, -0.2) is 22.6 Å². The smallest absolute Gasteiger partial charge is 0.328 e. The highest BCUT2D eigenvalue weighted by Crippen LogP contribution is 2.30. The Hall–Kier alpha value is -2.54. The highest BCUT2D eigenvalue weighted by Gasteiger charge is 2.20. The lowest BCUT2D eigenvalue weighted by atomic mass is 10.1. The highest BCUT2D eigenvalue weighted by atomic mass is 32.1. The summed E-state index contributed by atoms with van der Waals surface area (Å²) in [6.45, 7) is 1.57. The van der Waals surface area contributed by atoms with Gasteiger partial charge in [0.05, 0.1) is 18.8 Å². The molecule has 0 radical (unpaired) electrons. The molecular formula is C16H13FN2O3S. The Labute approximate surface area is 135 Å². The first kappa shape index (κ1) is 15.4. The number of fused-ring (bicyclic) bond motifs is 1. The summed E-state index contributed by atoms with van der Waals surface area (Å²) in [7, 11) is 1.27. The standard InChI is InChI=1S/C16H13FN2O3S/c1-9(16(21)22-2)19-8-18-14-13(15(19)20)12(7-23-14)10-3-5-11(17)6-4-10/h3-9H,1-2H3. The second kappa shape index (κ2) is 5.92. The highest BCUT2D eigenvalue weighted by molar-refractivity contribution is 7.17. The summed E-state index contributed by atoms with van der Waals surface area (Å²) >= 11 is 1.33. The fraction of sp³-hybridized carbons (Fsp3) is 0.188. The Kier molecular flexibility index (Phi) is 3.96. The molecule has 1 atom stereocenters. The number of ether oxygens (including phenoxy) is 1. The van der Waals surface area contributed by atoms with Crippen LogP contribution in [0.5, 0.6) is 0 Å². The van der Waals surface area contributed by atoms with Gasteiger partial charge in [-0.15, -0.1) is 11.3 Å². The quantitative estimate of drug-likeness (QED) is 0.692. The molecule has 7 heteroatoms. The van der Waals surface area contributed by atoms with Crippen molar-refractivity contribution in [3.63, 3.8) is 0 Å². The van der Waals surface area contributed by atoms with Gasteiger partial charge < -0.3 is 4.74 Å². The van der Waals surface area contributed by atoms with Gasteiger partial charge in [0, 0.05) is 10.9 Å². The van der Waals surface area contributed by atoms with Crippen LogP contribution in [0.4, 0.5) is 4.39 Å². The first-order valence-electron chi connectivity index (χ1n) is 6.85. The van der Waals surface area contributed by atoms with Crippen LogP contribution in [-0.2, 0) is 9.53 Å². The largest absolute Gasteiger partial charge is 0.467 e. The molecule has 0 bridgehead atoms. The lowest BCUT2D eigenvalue weighted by Crippen LogP contribution is -2.29. The molecule has 5 nitrogen and oxygen atoms in total. The summed E-state index contributed by atoms with van der Waals surface area (Å²) in [5.41, 5.74) is 1.07. The van der Waals surface area contributed by atoms with Gasteiger partial charge in [0.15, 0.2) is 0 Å². The molecule has 0 aliphatic heterocycles. The Bertz CT molecular complexity index is 931. The van der Waals surface area contributed by atoms with Crippen molar-refractivity contribution in [3.8, 4) is 11.1 Å². The number of nitrogens with zero attached hydrogens (tertiary/aromatic N) is 2. The van der Waals surface area contributed by atoms with Gasteiger partial charge in [-0.1, -0.05) is 12.1 Å². The Morgan fingerprint density at radius 3 is 2.70 bits per heavy atom. The average Bonchev–Trinajstić information content (AvgIpc) is 2.99. The van der Waals surface area contributed by atoms with Gasteiger partial charge in [0.1, 0.15) is 16.7 Å². The molecule has 0 aliphatic carbocycles. The molecule has 118 valence electrons. The van der Waals surface area contributed by atoms with Crippen molar-refractivity contribution in [2.75, 3.05) is 7.11 Å². The summed E-state index contributed by atoms with van der Waals surface area (Å²) < 4.78 is 19.0. The molecule has 3 aromatic rings. The lowest BCUT2D eigenvalue weighted by molar-refractivity contribution is -0.144. The van der Waals surface area contributed by atoms with Crippen molar-refractivity contribution in [2.45, 2.75) is 13.0 Å². The average molecular weight is 332 g/mol. The van der Waals surface area contributed by atoms with E-state index in [-0.39, 0.29) is 11.4 Å². The number of carbonyl (C=O) groups excluding carboxylic acids is 1. The minimum atomic E-state index is -0.773. The lowest BCUT2D eigenvalue weighted by Gasteiger charge is -2.12. The van der Waals surface area contributed by atoms with Crippen LogP contribution in [0.3, 0.4) is 0 Å². The Balaban J connectivity index is 2.20. The number of hydrogen-bond acceptors (Lipinski definition) is 5. The zero-order valence-electron chi connectivity index (χ0n) is 12.4. The van der Waals surface area contributed by atoms with Crippen LogP contribution >= 0.6 is 11.3 Å². The Morgan fingerprint density at radius 1 is 1.35 bits per heavy atom. The fourth-order valence-corrected chi connectivity index (χ4v) is 3.25. The van der Waals surface area contributed by atoms with Crippen molar-refractivity contribution in [3.05, 3.63) is 52.1 Å². The second-order valence-electron chi connectivity index (χ2n) is 4.99. The fourth-order valence-electron chi connectivity index (χ4n) is 2.35. The molecule has 0 spiro atoms. The minimum absolute atomic E-state index is 0.325. The monoisotopic (exact) mass is 332 g/mol. The molecular weight excluding hydrogens is 319 g/mol. The van der Waals surface area contributed by atoms with Gasteiger partial charge >= 0.3 is 5.97 Å². The zero-order valence-corrected chi connectivity index (χ0v) is 13.3. The van der Waals surface area contributed by atoms with Crippen LogP contribution in [0.15, 0.2) is 40.8 Å². The van der Waals surface area contributed by atoms with Gasteiger partial charge in [-0.2, -0.15) is 0 Å². The summed E-state index contributed by atoms with van der Waals surface area (Å²) in [4.78, 5) is 29.3. The molecule has 0 amide bonds. The number of carbonyl (C=O) groups is 1. The number of aromatic nitrogens is 2. The van der Waals surface area contributed by atoms with Crippen LogP contribution in [0, 0.1) is 5.82 Å². The summed E-state index contributed by atoms with van der Waals surface area (Å²) in [6.07, 6.45) is 1.34. The third-order valence-corrected chi connectivity index (χ3v) is 4.52. The number of rotatable bonds is 3. The van der Waals surface area contributed by atoms with Gasteiger partial charge in [0.25, 0.3) is 5.56 Å². The van der Waals surface area contributed by atoms with Crippen molar-refractivity contribution in [2.24, 2.45) is 0 Å². The molecule has 0 saturated heterocycles. The number of esters is 1. The van der Waals surface area contributed by atoms with E-state index in [9.17, 15) is 14.0 Å².